The molecule has 0 aliphatic rings. The van der Waals surface area contributed by atoms with Crippen molar-refractivity contribution in [2.24, 2.45) is 0 Å². The second-order valence-electron chi connectivity index (χ2n) is 6.07. The van der Waals surface area contributed by atoms with Crippen molar-refractivity contribution in [2.45, 2.75) is 19.5 Å². The highest BCUT2D eigenvalue weighted by Gasteiger charge is 2.13. The number of amides is 2. The summed E-state index contributed by atoms with van der Waals surface area (Å²) in [5.74, 6) is -0.267. The topological polar surface area (TPSA) is 58.2 Å². The van der Waals surface area contributed by atoms with Gasteiger partial charge in [0.15, 0.2) is 0 Å². The van der Waals surface area contributed by atoms with Crippen molar-refractivity contribution in [1.82, 2.24) is 10.6 Å². The number of halogens is 1. The van der Waals surface area contributed by atoms with Crippen LogP contribution in [0.2, 0.25) is 5.02 Å². The van der Waals surface area contributed by atoms with Crippen molar-refractivity contribution in [2.75, 3.05) is 0 Å². The first-order valence-corrected chi connectivity index (χ1v) is 9.76. The zero-order chi connectivity index (χ0) is 19.2. The molecular formula is C21H19ClN2O2S. The van der Waals surface area contributed by atoms with E-state index >= 15 is 0 Å². The van der Waals surface area contributed by atoms with Crippen LogP contribution in [-0.2, 0) is 6.54 Å². The molecule has 138 valence electrons. The molecule has 1 unspecified atom stereocenters. The molecule has 27 heavy (non-hydrogen) atoms. The highest BCUT2D eigenvalue weighted by atomic mass is 35.5. The van der Waals surface area contributed by atoms with E-state index in [-0.39, 0.29) is 17.9 Å². The Kier molecular flexibility index (Phi) is 6.27. The van der Waals surface area contributed by atoms with Crippen molar-refractivity contribution < 1.29 is 9.59 Å². The average molecular weight is 399 g/mol. The van der Waals surface area contributed by atoms with Crippen LogP contribution in [0.15, 0.2) is 66.0 Å². The predicted molar refractivity (Wildman–Crippen MR) is 109 cm³/mol. The third-order valence-corrected chi connectivity index (χ3v) is 5.35. The third kappa shape index (κ3) is 4.96. The SMILES string of the molecule is CC(NC(=O)c1ccc(CNC(=O)c2cccs2)cc1)c1ccccc1Cl. The Labute approximate surface area is 167 Å². The van der Waals surface area contributed by atoms with Gasteiger partial charge in [-0.15, -0.1) is 11.3 Å². The summed E-state index contributed by atoms with van der Waals surface area (Å²) < 4.78 is 0. The number of carbonyl (C=O) groups is 2. The third-order valence-electron chi connectivity index (χ3n) is 4.13. The van der Waals surface area contributed by atoms with Gasteiger partial charge in [0.25, 0.3) is 11.8 Å². The second-order valence-corrected chi connectivity index (χ2v) is 7.43. The Morgan fingerprint density at radius 2 is 1.74 bits per heavy atom. The molecule has 2 amide bonds. The van der Waals surface area contributed by atoms with Gasteiger partial charge in [-0.05, 0) is 47.7 Å². The van der Waals surface area contributed by atoms with Gasteiger partial charge >= 0.3 is 0 Å². The lowest BCUT2D eigenvalue weighted by Crippen LogP contribution is -2.27. The maximum absolute atomic E-state index is 12.4. The van der Waals surface area contributed by atoms with Crippen LogP contribution < -0.4 is 10.6 Å². The fourth-order valence-corrected chi connectivity index (χ4v) is 3.57. The van der Waals surface area contributed by atoms with E-state index in [9.17, 15) is 9.59 Å². The maximum atomic E-state index is 12.4. The summed E-state index contributed by atoms with van der Waals surface area (Å²) in [6, 6.07) is 18.1. The Balaban J connectivity index is 1.57. The van der Waals surface area contributed by atoms with Crippen LogP contribution in [-0.4, -0.2) is 11.8 Å². The van der Waals surface area contributed by atoms with Gasteiger partial charge in [0.05, 0.1) is 10.9 Å². The number of thiophene rings is 1. The quantitative estimate of drug-likeness (QED) is 0.625. The van der Waals surface area contributed by atoms with E-state index in [2.05, 4.69) is 10.6 Å². The lowest BCUT2D eigenvalue weighted by Gasteiger charge is -2.16. The first kappa shape index (κ1) is 19.1. The van der Waals surface area contributed by atoms with E-state index in [0.29, 0.717) is 22.0 Å². The molecule has 0 bridgehead atoms. The van der Waals surface area contributed by atoms with Crippen LogP contribution in [0.3, 0.4) is 0 Å². The van der Waals surface area contributed by atoms with E-state index in [4.69, 9.17) is 11.6 Å². The number of hydrogen-bond donors (Lipinski definition) is 2. The van der Waals surface area contributed by atoms with Crippen molar-refractivity contribution in [3.63, 3.8) is 0 Å². The zero-order valence-electron chi connectivity index (χ0n) is 14.7. The highest BCUT2D eigenvalue weighted by Crippen LogP contribution is 2.22. The number of carbonyl (C=O) groups excluding carboxylic acids is 2. The van der Waals surface area contributed by atoms with Crippen molar-refractivity contribution in [3.05, 3.63) is 92.6 Å². The van der Waals surface area contributed by atoms with Gasteiger partial charge in [-0.25, -0.2) is 0 Å². The van der Waals surface area contributed by atoms with E-state index < -0.39 is 0 Å². The zero-order valence-corrected chi connectivity index (χ0v) is 16.3. The summed E-state index contributed by atoms with van der Waals surface area (Å²) in [6.07, 6.45) is 0. The monoisotopic (exact) mass is 398 g/mol. The summed E-state index contributed by atoms with van der Waals surface area (Å²) >= 11 is 7.58. The number of hydrogen-bond acceptors (Lipinski definition) is 3. The molecule has 2 N–H and O–H groups in total. The summed E-state index contributed by atoms with van der Waals surface area (Å²) in [5.41, 5.74) is 2.36. The van der Waals surface area contributed by atoms with Gasteiger partial charge in [0, 0.05) is 17.1 Å². The van der Waals surface area contributed by atoms with E-state index in [0.717, 1.165) is 11.1 Å². The molecule has 0 aliphatic carbocycles. The largest absolute Gasteiger partial charge is 0.347 e. The average Bonchev–Trinajstić information content (AvgIpc) is 3.21. The molecule has 1 aromatic heterocycles. The maximum Gasteiger partial charge on any atom is 0.261 e. The summed E-state index contributed by atoms with van der Waals surface area (Å²) in [6.45, 7) is 2.31. The molecule has 0 aliphatic heterocycles. The molecule has 1 heterocycles. The molecule has 2 aromatic carbocycles. The lowest BCUT2D eigenvalue weighted by atomic mass is 10.1. The molecule has 0 spiro atoms. The molecule has 6 heteroatoms. The molecule has 0 radical (unpaired) electrons. The second kappa shape index (κ2) is 8.84. The minimum Gasteiger partial charge on any atom is -0.347 e. The van der Waals surface area contributed by atoms with Gasteiger partial charge in [0.1, 0.15) is 0 Å². The summed E-state index contributed by atoms with van der Waals surface area (Å²) in [4.78, 5) is 25.1. The summed E-state index contributed by atoms with van der Waals surface area (Å²) in [7, 11) is 0. The molecule has 0 saturated heterocycles. The van der Waals surface area contributed by atoms with E-state index in [1.54, 1.807) is 24.3 Å². The van der Waals surface area contributed by atoms with Crippen LogP contribution in [0.1, 0.15) is 44.1 Å². The van der Waals surface area contributed by atoms with Crippen LogP contribution in [0.4, 0.5) is 0 Å². The fraction of sp³-hybridized carbons (Fsp3) is 0.143. The standard InChI is InChI=1S/C21H19ClN2O2S/c1-14(17-5-2-3-6-18(17)22)24-20(25)16-10-8-15(9-11-16)13-23-21(26)19-7-4-12-27-19/h2-12,14H,13H2,1H3,(H,23,26)(H,24,25). The van der Waals surface area contributed by atoms with E-state index in [1.807, 2.05) is 48.7 Å². The molecule has 4 nitrogen and oxygen atoms in total. The normalized spacial score (nSPS) is 11.6. The molecule has 1 atom stereocenters. The number of rotatable bonds is 6. The minimum atomic E-state index is -0.198. The Morgan fingerprint density at radius 1 is 1.00 bits per heavy atom. The number of nitrogens with one attached hydrogen (secondary N) is 2. The van der Waals surface area contributed by atoms with Gasteiger partial charge < -0.3 is 10.6 Å². The molecule has 0 saturated carbocycles. The van der Waals surface area contributed by atoms with Crippen molar-refractivity contribution >= 4 is 34.8 Å². The van der Waals surface area contributed by atoms with Crippen LogP contribution in [0, 0.1) is 0 Å². The van der Waals surface area contributed by atoms with Crippen LogP contribution >= 0.6 is 22.9 Å². The Hall–Kier alpha value is -2.63. The van der Waals surface area contributed by atoms with Gasteiger partial charge in [0.2, 0.25) is 0 Å². The van der Waals surface area contributed by atoms with Gasteiger partial charge in [-0.3, -0.25) is 9.59 Å². The number of benzene rings is 2. The lowest BCUT2D eigenvalue weighted by molar-refractivity contribution is 0.0935. The predicted octanol–water partition coefficient (Wildman–Crippen LogP) is 4.82. The first-order valence-electron chi connectivity index (χ1n) is 8.50. The Morgan fingerprint density at radius 3 is 2.41 bits per heavy atom. The molecule has 3 rings (SSSR count). The minimum absolute atomic E-state index is 0.0969. The van der Waals surface area contributed by atoms with E-state index in [1.165, 1.54) is 11.3 Å². The molecule has 3 aromatic rings. The van der Waals surface area contributed by atoms with Gasteiger partial charge in [-0.1, -0.05) is 48.0 Å². The van der Waals surface area contributed by atoms with Crippen LogP contribution in [0.25, 0.3) is 0 Å². The van der Waals surface area contributed by atoms with Crippen molar-refractivity contribution in [3.8, 4) is 0 Å². The highest BCUT2D eigenvalue weighted by molar-refractivity contribution is 7.12. The molecular weight excluding hydrogens is 380 g/mol. The Bertz CT molecular complexity index is 924. The summed E-state index contributed by atoms with van der Waals surface area (Å²) in [5, 5.41) is 8.31. The smallest absolute Gasteiger partial charge is 0.261 e. The van der Waals surface area contributed by atoms with Crippen molar-refractivity contribution in [1.29, 1.82) is 0 Å². The van der Waals surface area contributed by atoms with Crippen LogP contribution in [0.5, 0.6) is 0 Å². The fourth-order valence-electron chi connectivity index (χ4n) is 2.64. The first-order chi connectivity index (χ1) is 13.0. The molecule has 0 fully saturated rings. The van der Waals surface area contributed by atoms with Gasteiger partial charge in [-0.2, -0.15) is 0 Å².